The molecule has 3 aromatic carbocycles. The predicted molar refractivity (Wildman–Crippen MR) is 298 cm³/mol. The number of aromatic hydroxyl groups is 1. The van der Waals surface area contributed by atoms with E-state index in [1.807, 2.05) is 65.1 Å². The minimum Gasteiger partial charge on any atom is -0.507 e. The Labute approximate surface area is 470 Å². The third-order valence-electron chi connectivity index (χ3n) is 13.5. The highest BCUT2D eigenvalue weighted by atomic mass is 127. The van der Waals surface area contributed by atoms with Crippen LogP contribution in [0.3, 0.4) is 0 Å². The summed E-state index contributed by atoms with van der Waals surface area (Å²) in [6.07, 6.45) is 0.135. The molecule has 0 bridgehead atoms. The van der Waals surface area contributed by atoms with Gasteiger partial charge in [-0.15, -0.1) is 0 Å². The van der Waals surface area contributed by atoms with Crippen LogP contribution in [0.25, 0.3) is 10.8 Å². The van der Waals surface area contributed by atoms with Crippen LogP contribution in [0.1, 0.15) is 36.8 Å². The second-order valence-corrected chi connectivity index (χ2v) is 20.7. The number of carbonyl (C=O) groups excluding carboxylic acids is 6. The van der Waals surface area contributed by atoms with Gasteiger partial charge in [0.05, 0.1) is 36.3 Å². The molecule has 2 saturated heterocycles. The van der Waals surface area contributed by atoms with Crippen LogP contribution in [0, 0.1) is 8.98 Å². The Hall–Kier alpha value is -7.21. The fourth-order valence-electron chi connectivity index (χ4n) is 9.27. The molecule has 6 amide bonds. The SMILES string of the molecule is CN1C(=O)[C@@H](Cc2ccc(O)c(I)c2)NC(=O)CNC(=O)[C@H](Cc2ccc3ccccc3c2)NC(=O)[C@H](CCCNC(=N)N)NC(=O)[C@H]1CCCNC(=O)CN1CCN(CC(=O)O)CCN(CC(=O)O)CCN(CC(=O)O)CC1. The quantitative estimate of drug-likeness (QED) is 0.0251. The number of fused-ring (bicyclic) bond motifs is 1. The van der Waals surface area contributed by atoms with E-state index in [-0.39, 0.29) is 142 Å². The van der Waals surface area contributed by atoms with Crippen molar-refractivity contribution in [2.24, 2.45) is 5.73 Å². The highest BCUT2D eigenvalue weighted by molar-refractivity contribution is 14.1. The van der Waals surface area contributed by atoms with Gasteiger partial charge in [-0.3, -0.25) is 68.2 Å². The fourth-order valence-corrected chi connectivity index (χ4v) is 9.85. The van der Waals surface area contributed by atoms with Gasteiger partial charge in [0.15, 0.2) is 5.96 Å². The van der Waals surface area contributed by atoms with Crippen molar-refractivity contribution in [3.63, 3.8) is 0 Å². The molecule has 2 aliphatic rings. The topological polar surface area (TPSA) is 373 Å². The molecule has 2 heterocycles. The van der Waals surface area contributed by atoms with Crippen molar-refractivity contribution in [3.05, 3.63) is 75.4 Å². The van der Waals surface area contributed by atoms with E-state index < -0.39 is 84.1 Å². The number of halogens is 1. The molecule has 13 N–H and O–H groups in total. The Bertz CT molecular complexity index is 2630. The number of carboxylic acids is 3. The lowest BCUT2D eigenvalue weighted by molar-refractivity contribution is -0.142. The number of carboxylic acid groups (broad SMARTS) is 3. The number of benzene rings is 3. The Balaban J connectivity index is 1.39. The van der Waals surface area contributed by atoms with Crippen LogP contribution >= 0.6 is 22.6 Å². The Kier molecular flexibility index (Phi) is 24.9. The first kappa shape index (κ1) is 62.6. The molecule has 2 aliphatic heterocycles. The average Bonchev–Trinajstić information content (AvgIpc) is 3.43. The zero-order chi connectivity index (χ0) is 57.6. The summed E-state index contributed by atoms with van der Waals surface area (Å²) in [5, 5.41) is 64.9. The number of nitrogens with two attached hydrogens (primary N) is 1. The van der Waals surface area contributed by atoms with Crippen LogP contribution in [0.5, 0.6) is 5.75 Å². The molecule has 27 heteroatoms. The number of hydrogen-bond donors (Lipinski definition) is 12. The van der Waals surface area contributed by atoms with E-state index in [9.17, 15) is 63.6 Å². The van der Waals surface area contributed by atoms with Gasteiger partial charge in [0.25, 0.3) is 0 Å². The van der Waals surface area contributed by atoms with Crippen LogP contribution in [0.15, 0.2) is 60.7 Å². The number of nitrogens with one attached hydrogen (secondary N) is 7. The lowest BCUT2D eigenvalue weighted by Crippen LogP contribution is -2.58. The summed E-state index contributed by atoms with van der Waals surface area (Å²) in [6.45, 7) is -0.0636. The minimum absolute atomic E-state index is 0.00530. The highest BCUT2D eigenvalue weighted by Gasteiger charge is 2.36. The molecule has 0 aromatic heterocycles. The number of amides is 6. The van der Waals surface area contributed by atoms with Gasteiger partial charge in [-0.2, -0.15) is 0 Å². The second kappa shape index (κ2) is 31.4. The lowest BCUT2D eigenvalue weighted by atomic mass is 10.00. The summed E-state index contributed by atoms with van der Waals surface area (Å²) in [7, 11) is 1.37. The molecule has 4 atom stereocenters. The smallest absolute Gasteiger partial charge is 0.317 e. The van der Waals surface area contributed by atoms with Crippen LogP contribution in [0.4, 0.5) is 0 Å². The standard InChI is InChI=1S/C52H72IN13O13/c1-62-41(9-5-14-56-44(69)29-63-16-18-64(30-45(70)71)20-22-66(32-47(74)75)23-21-65(19-17-63)31-46(72)73)50(78)60-38(8-4-15-57-52(54)55)49(77)61-39(26-33-10-12-35-6-2-3-7-36(35)24-33)48(76)58-28-43(68)59-40(51(62)79)27-34-11-13-42(67)37(53)25-34/h2-3,6-7,10-13,24-25,38-41,67H,4-5,8-9,14-23,26-32H2,1H3,(H,56,69)(H,58,76)(H,59,68)(H,60,78)(H,61,77)(H,70,71)(H,72,73)(H,74,75)(H4,54,55,57)/t38-,39-,40+,41+/m0/s1. The van der Waals surface area contributed by atoms with Crippen molar-refractivity contribution < 1.29 is 63.6 Å². The summed E-state index contributed by atoms with van der Waals surface area (Å²) >= 11 is 1.92. The highest BCUT2D eigenvalue weighted by Crippen LogP contribution is 2.22. The van der Waals surface area contributed by atoms with Gasteiger partial charge in [-0.05, 0) is 82.3 Å². The first-order valence-corrected chi connectivity index (χ1v) is 27.0. The van der Waals surface area contributed by atoms with Crippen molar-refractivity contribution >= 4 is 92.7 Å². The summed E-state index contributed by atoms with van der Waals surface area (Å²) in [5.74, 6) is -7.72. The molecule has 0 spiro atoms. The number of hydrogen-bond acceptors (Lipinski definition) is 15. The van der Waals surface area contributed by atoms with Crippen molar-refractivity contribution in [1.29, 1.82) is 5.41 Å². The Morgan fingerprint density at radius 3 is 1.71 bits per heavy atom. The molecular formula is C52H72IN13O13. The van der Waals surface area contributed by atoms with Gasteiger partial charge < -0.3 is 63.0 Å². The van der Waals surface area contributed by atoms with Crippen LogP contribution < -0.4 is 37.6 Å². The van der Waals surface area contributed by atoms with E-state index in [1.165, 1.54) is 13.1 Å². The molecule has 79 heavy (non-hydrogen) atoms. The van der Waals surface area contributed by atoms with Gasteiger partial charge in [-0.25, -0.2) is 0 Å². The normalized spacial score (nSPS) is 20.5. The molecule has 26 nitrogen and oxygen atoms in total. The maximum Gasteiger partial charge on any atom is 0.317 e. The molecule has 0 radical (unpaired) electrons. The molecule has 3 aromatic rings. The maximum absolute atomic E-state index is 14.7. The van der Waals surface area contributed by atoms with E-state index in [0.29, 0.717) is 14.7 Å². The van der Waals surface area contributed by atoms with Gasteiger partial charge in [0.1, 0.15) is 29.9 Å². The van der Waals surface area contributed by atoms with Crippen LogP contribution in [0.2, 0.25) is 0 Å². The number of carbonyl (C=O) groups is 9. The van der Waals surface area contributed by atoms with Crippen molar-refractivity contribution in [2.75, 3.05) is 105 Å². The van der Waals surface area contributed by atoms with E-state index in [1.54, 1.807) is 31.7 Å². The summed E-state index contributed by atoms with van der Waals surface area (Å²) in [6, 6.07) is 12.7. The first-order chi connectivity index (χ1) is 37.6. The number of likely N-dealkylation sites (N-methyl/N-ethyl adjacent to an activating group) is 1. The predicted octanol–water partition coefficient (Wildman–Crippen LogP) is -2.02. The minimum atomic E-state index is -1.31. The maximum atomic E-state index is 14.7. The number of phenolic OH excluding ortho intramolecular Hbond substituents is 1. The molecular weight excluding hydrogens is 1140 g/mol. The van der Waals surface area contributed by atoms with Gasteiger partial charge in [-0.1, -0.05) is 48.5 Å². The number of guanidine groups is 1. The van der Waals surface area contributed by atoms with Crippen molar-refractivity contribution in [1.82, 2.24) is 56.4 Å². The molecule has 2 fully saturated rings. The Morgan fingerprint density at radius 2 is 1.14 bits per heavy atom. The van der Waals surface area contributed by atoms with E-state index in [2.05, 4.69) is 31.9 Å². The van der Waals surface area contributed by atoms with Crippen LogP contribution in [-0.4, -0.2) is 234 Å². The third-order valence-corrected chi connectivity index (χ3v) is 14.3. The van der Waals surface area contributed by atoms with Crippen molar-refractivity contribution in [2.45, 2.75) is 62.7 Å². The zero-order valence-electron chi connectivity index (χ0n) is 44.1. The van der Waals surface area contributed by atoms with Gasteiger partial charge >= 0.3 is 17.9 Å². The number of rotatable bonds is 20. The molecule has 430 valence electrons. The fraction of sp³-hybridized carbons (Fsp3) is 0.500. The largest absolute Gasteiger partial charge is 0.507 e. The number of nitrogens with zero attached hydrogens (tertiary/aromatic N) is 5. The monoisotopic (exact) mass is 1210 g/mol. The molecule has 0 saturated carbocycles. The molecule has 0 unspecified atom stereocenters. The summed E-state index contributed by atoms with van der Waals surface area (Å²) in [4.78, 5) is 128. The summed E-state index contributed by atoms with van der Waals surface area (Å²) in [5.41, 5.74) is 6.75. The second-order valence-electron chi connectivity index (χ2n) is 19.6. The van der Waals surface area contributed by atoms with Crippen molar-refractivity contribution in [3.8, 4) is 5.75 Å². The third kappa shape index (κ3) is 21.5. The molecule has 5 rings (SSSR count). The summed E-state index contributed by atoms with van der Waals surface area (Å²) < 4.78 is 0.472. The van der Waals surface area contributed by atoms with Crippen LogP contribution in [-0.2, 0) is 56.0 Å². The van der Waals surface area contributed by atoms with Gasteiger partial charge in [0.2, 0.25) is 35.4 Å². The Morgan fingerprint density at radius 1 is 0.633 bits per heavy atom. The van der Waals surface area contributed by atoms with E-state index >= 15 is 0 Å². The lowest BCUT2D eigenvalue weighted by Gasteiger charge is -2.33. The van der Waals surface area contributed by atoms with Gasteiger partial charge in [0, 0.05) is 85.3 Å². The number of aliphatic carboxylic acids is 3. The first-order valence-electron chi connectivity index (χ1n) is 25.9. The van der Waals surface area contributed by atoms with E-state index in [0.717, 1.165) is 15.7 Å². The number of phenols is 1. The average molecular weight is 1210 g/mol. The molecule has 0 aliphatic carbocycles. The zero-order valence-corrected chi connectivity index (χ0v) is 46.2. The van der Waals surface area contributed by atoms with E-state index in [4.69, 9.17) is 11.1 Å².